The highest BCUT2D eigenvalue weighted by Crippen LogP contribution is 2.54. The lowest BCUT2D eigenvalue weighted by molar-refractivity contribution is -0.183. The molecule has 5 heterocycles. The number of aryl methyl sites for hydroxylation is 1. The van der Waals surface area contributed by atoms with Crippen LogP contribution in [0.2, 0.25) is 0 Å². The van der Waals surface area contributed by atoms with E-state index >= 15 is 0 Å². The largest absolute Gasteiger partial charge is 0.393 e. The van der Waals surface area contributed by atoms with E-state index in [1.807, 2.05) is 6.92 Å². The topological polar surface area (TPSA) is 128 Å². The molecule has 0 radical (unpaired) electrons. The number of halogens is 3. The zero-order valence-electron chi connectivity index (χ0n) is 24.8. The highest BCUT2D eigenvalue weighted by Gasteiger charge is 2.48. The average Bonchev–Trinajstić information content (AvgIpc) is 3.82. The van der Waals surface area contributed by atoms with Crippen LogP contribution in [0.4, 0.5) is 13.2 Å². The first kappa shape index (κ1) is 30.5. The molecule has 4 aliphatic rings. The molecule has 4 fully saturated rings. The van der Waals surface area contributed by atoms with Crippen LogP contribution in [0, 0.1) is 29.6 Å². The number of carbonyl (C=O) groups excluding carboxylic acids is 2. The van der Waals surface area contributed by atoms with Crippen LogP contribution in [0.1, 0.15) is 79.8 Å². The summed E-state index contributed by atoms with van der Waals surface area (Å²) in [6, 6.07) is 1.37. The minimum absolute atomic E-state index is 0.0445. The Morgan fingerprint density at radius 2 is 1.91 bits per heavy atom. The molecule has 2 saturated carbocycles. The number of ether oxygens (including phenoxy) is 1. The van der Waals surface area contributed by atoms with Crippen LogP contribution in [-0.2, 0) is 22.5 Å². The molecule has 44 heavy (non-hydrogen) atoms. The van der Waals surface area contributed by atoms with E-state index < -0.39 is 30.5 Å². The van der Waals surface area contributed by atoms with Gasteiger partial charge in [0.15, 0.2) is 0 Å². The van der Waals surface area contributed by atoms with E-state index in [0.717, 1.165) is 38.9 Å². The maximum Gasteiger partial charge on any atom is 0.393 e. The summed E-state index contributed by atoms with van der Waals surface area (Å²) in [4.78, 5) is 34.7. The number of hydrogen-bond acceptors (Lipinski definition) is 7. The van der Waals surface area contributed by atoms with Crippen LogP contribution < -0.4 is 10.6 Å². The molecular formula is C30H39F3N8O3. The van der Waals surface area contributed by atoms with E-state index in [1.54, 1.807) is 23.1 Å². The van der Waals surface area contributed by atoms with E-state index in [4.69, 9.17) is 9.72 Å². The summed E-state index contributed by atoms with van der Waals surface area (Å²) in [5, 5.41) is 14.4. The second-order valence-electron chi connectivity index (χ2n) is 12.3. The number of amides is 2. The van der Waals surface area contributed by atoms with E-state index in [1.165, 1.54) is 23.6 Å². The molecule has 2 saturated heterocycles. The second-order valence-corrected chi connectivity index (χ2v) is 12.3. The van der Waals surface area contributed by atoms with Crippen molar-refractivity contribution in [2.75, 3.05) is 19.8 Å². The molecule has 3 aromatic heterocycles. The molecule has 2 N–H and O–H groups in total. The van der Waals surface area contributed by atoms with Crippen molar-refractivity contribution in [2.24, 2.45) is 29.6 Å². The third kappa shape index (κ3) is 7.05. The number of carbonyl (C=O) groups is 2. The Morgan fingerprint density at radius 3 is 2.52 bits per heavy atom. The molecule has 3 atom stereocenters. The number of aromatic nitrogens is 6. The summed E-state index contributed by atoms with van der Waals surface area (Å²) in [5.74, 6) is -1.42. The zero-order chi connectivity index (χ0) is 30.8. The molecule has 238 valence electrons. The van der Waals surface area contributed by atoms with Gasteiger partial charge in [-0.25, -0.2) is 14.5 Å². The van der Waals surface area contributed by atoms with Gasteiger partial charge in [-0.1, -0.05) is 0 Å². The highest BCUT2D eigenvalue weighted by atomic mass is 19.4. The number of alkyl halides is 3. The van der Waals surface area contributed by atoms with Crippen molar-refractivity contribution in [3.63, 3.8) is 0 Å². The zero-order valence-corrected chi connectivity index (χ0v) is 24.8. The molecule has 2 aliphatic carbocycles. The molecule has 7 rings (SSSR count). The predicted molar refractivity (Wildman–Crippen MR) is 152 cm³/mol. The maximum atomic E-state index is 13.3. The van der Waals surface area contributed by atoms with E-state index in [0.29, 0.717) is 41.2 Å². The Kier molecular flexibility index (Phi) is 8.88. The van der Waals surface area contributed by atoms with Crippen LogP contribution in [0.15, 0.2) is 24.7 Å². The number of piperidine rings is 1. The summed E-state index contributed by atoms with van der Waals surface area (Å²) in [6.45, 7) is 4.10. The number of rotatable bonds is 9. The Bertz CT molecular complexity index is 1440. The van der Waals surface area contributed by atoms with Crippen molar-refractivity contribution in [3.05, 3.63) is 41.7 Å². The Morgan fingerprint density at radius 1 is 1.18 bits per heavy atom. The first-order chi connectivity index (χ1) is 21.2. The van der Waals surface area contributed by atoms with Gasteiger partial charge in [0, 0.05) is 44.8 Å². The normalized spacial score (nSPS) is 22.9. The molecule has 3 aromatic rings. The molecular weight excluding hydrogens is 577 g/mol. The maximum absolute atomic E-state index is 13.3. The van der Waals surface area contributed by atoms with Gasteiger partial charge in [0.1, 0.15) is 5.69 Å². The minimum Gasteiger partial charge on any atom is -0.381 e. The van der Waals surface area contributed by atoms with Crippen molar-refractivity contribution in [2.45, 2.75) is 77.1 Å². The fourth-order valence-electron chi connectivity index (χ4n) is 6.42. The Labute approximate surface area is 253 Å². The fraction of sp³-hybridized carbons (Fsp3) is 0.667. The standard InChI is InChI=1S/C26H31F3N8O2.C4H8O/c1-2-36-20(7-8-32-36)24(39)34-22(21(14-3-4-14)15-5-6-15)19-13-37-25(33-19)31-12-18(35-37)10-16-9-17(26(27,28)29)11-30-23(16)38;1-2-4-5-3-1/h7-8,12-17,21-22H,2-6,9-11H2,1H3,(H,30,38)(H,34,39);1-4H2. The van der Waals surface area contributed by atoms with Crippen molar-refractivity contribution >= 4 is 17.6 Å². The predicted octanol–water partition coefficient (Wildman–Crippen LogP) is 3.90. The Hall–Kier alpha value is -3.55. The number of nitrogens with one attached hydrogen (secondary N) is 2. The third-order valence-electron chi connectivity index (χ3n) is 9.03. The molecule has 11 nitrogen and oxygen atoms in total. The van der Waals surface area contributed by atoms with Crippen LogP contribution in [0.3, 0.4) is 0 Å². The molecule has 0 spiro atoms. The average molecular weight is 617 g/mol. The van der Waals surface area contributed by atoms with Crippen LogP contribution >= 0.6 is 0 Å². The summed E-state index contributed by atoms with van der Waals surface area (Å²) < 4.78 is 47.8. The van der Waals surface area contributed by atoms with Gasteiger partial charge >= 0.3 is 6.18 Å². The molecule has 2 aliphatic heterocycles. The van der Waals surface area contributed by atoms with Crippen LogP contribution in [0.25, 0.3) is 5.78 Å². The summed E-state index contributed by atoms with van der Waals surface area (Å²) in [6.07, 6.45) is 7.25. The molecule has 3 unspecified atom stereocenters. The molecule has 0 aromatic carbocycles. The van der Waals surface area contributed by atoms with Crippen molar-refractivity contribution < 1.29 is 27.5 Å². The van der Waals surface area contributed by atoms with Gasteiger partial charge in [0.05, 0.1) is 35.7 Å². The van der Waals surface area contributed by atoms with E-state index in [2.05, 4.69) is 25.8 Å². The molecule has 14 heteroatoms. The van der Waals surface area contributed by atoms with E-state index in [-0.39, 0.29) is 30.7 Å². The number of hydrogen-bond donors (Lipinski definition) is 2. The van der Waals surface area contributed by atoms with Crippen LogP contribution in [0.5, 0.6) is 0 Å². The number of nitrogens with zero attached hydrogens (tertiary/aromatic N) is 6. The summed E-state index contributed by atoms with van der Waals surface area (Å²) in [7, 11) is 0. The molecule has 0 bridgehead atoms. The van der Waals surface area contributed by atoms with Crippen molar-refractivity contribution in [1.82, 2.24) is 40.0 Å². The van der Waals surface area contributed by atoms with Gasteiger partial charge < -0.3 is 15.4 Å². The van der Waals surface area contributed by atoms with Crippen LogP contribution in [-0.4, -0.2) is 67.1 Å². The monoisotopic (exact) mass is 616 g/mol. The molecule has 2 amide bonds. The van der Waals surface area contributed by atoms with Crippen molar-refractivity contribution in [3.8, 4) is 0 Å². The smallest absolute Gasteiger partial charge is 0.381 e. The number of fused-ring (bicyclic) bond motifs is 1. The van der Waals surface area contributed by atoms with E-state index in [9.17, 15) is 22.8 Å². The van der Waals surface area contributed by atoms with Gasteiger partial charge in [0.2, 0.25) is 5.91 Å². The lowest BCUT2D eigenvalue weighted by atomic mass is 9.86. The third-order valence-corrected chi connectivity index (χ3v) is 9.03. The summed E-state index contributed by atoms with van der Waals surface area (Å²) in [5.41, 5.74) is 1.54. The highest BCUT2D eigenvalue weighted by molar-refractivity contribution is 5.92. The number of imidazole rings is 1. The Balaban J connectivity index is 0.000000625. The van der Waals surface area contributed by atoms with Gasteiger partial charge in [-0.05, 0) is 75.7 Å². The SMILES string of the molecule is C1CCOC1.CCn1nccc1C(=O)NC(c1cn2nc(CC3CC(C(F)(F)F)CNC3=O)cnc2n1)C(C1CC1)C1CC1. The van der Waals surface area contributed by atoms with Gasteiger partial charge in [-0.2, -0.15) is 23.4 Å². The van der Waals surface area contributed by atoms with Gasteiger partial charge in [-0.15, -0.1) is 0 Å². The lowest BCUT2D eigenvalue weighted by Crippen LogP contribution is -2.47. The fourth-order valence-corrected chi connectivity index (χ4v) is 6.42. The quantitative estimate of drug-likeness (QED) is 0.373. The first-order valence-corrected chi connectivity index (χ1v) is 15.7. The summed E-state index contributed by atoms with van der Waals surface area (Å²) >= 11 is 0. The first-order valence-electron chi connectivity index (χ1n) is 15.7. The van der Waals surface area contributed by atoms with Crippen molar-refractivity contribution in [1.29, 1.82) is 0 Å². The lowest BCUT2D eigenvalue weighted by Gasteiger charge is -2.30. The second kappa shape index (κ2) is 12.8. The van der Waals surface area contributed by atoms with Gasteiger partial charge in [-0.3, -0.25) is 14.3 Å². The van der Waals surface area contributed by atoms with Gasteiger partial charge in [0.25, 0.3) is 11.7 Å². The minimum atomic E-state index is -4.37.